The quantitative estimate of drug-likeness (QED) is 0.0577. The Morgan fingerprint density at radius 1 is 0.690 bits per heavy atom. The molecule has 0 aliphatic carbocycles. The van der Waals surface area contributed by atoms with E-state index in [2.05, 4.69) is 41.5 Å². The van der Waals surface area contributed by atoms with E-state index in [1.54, 1.807) is 91.5 Å². The number of carbonyl (C=O) groups excluding carboxylic acids is 3. The van der Waals surface area contributed by atoms with Gasteiger partial charge in [-0.3, -0.25) is 25.4 Å². The molecular weight excluding hydrogens is 737 g/mol. The molecule has 14 nitrogen and oxygen atoms in total. The summed E-state index contributed by atoms with van der Waals surface area (Å²) in [6.45, 7) is 10.0. The molecule has 0 radical (unpaired) electrons. The summed E-state index contributed by atoms with van der Waals surface area (Å²) in [6, 6.07) is 23.7. The lowest BCUT2D eigenvalue weighted by Gasteiger charge is -2.28. The number of anilines is 4. The van der Waals surface area contributed by atoms with Gasteiger partial charge in [-0.2, -0.15) is 0 Å². The second-order valence-corrected chi connectivity index (χ2v) is 15.4. The molecule has 0 saturated carbocycles. The molecule has 0 aliphatic heterocycles. The van der Waals surface area contributed by atoms with E-state index in [0.29, 0.717) is 52.9 Å². The summed E-state index contributed by atoms with van der Waals surface area (Å²) in [6.07, 6.45) is 11.8. The number of aromatic nitrogens is 4. The van der Waals surface area contributed by atoms with E-state index in [1.807, 2.05) is 58.9 Å². The molecule has 6 aromatic rings. The van der Waals surface area contributed by atoms with Crippen molar-refractivity contribution in [3.05, 3.63) is 144 Å². The summed E-state index contributed by atoms with van der Waals surface area (Å²) in [5, 5.41) is 19.0. The minimum atomic E-state index is -0.548. The smallest absolute Gasteiger partial charge is 0.324 e. The van der Waals surface area contributed by atoms with Crippen LogP contribution in [-0.4, -0.2) is 44.2 Å². The molecule has 14 heteroatoms. The number of allylic oxidation sites excluding steroid dienone is 1. The Labute approximate surface area is 336 Å². The summed E-state index contributed by atoms with van der Waals surface area (Å²) in [5.74, 6) is 2.26. The second-order valence-electron chi connectivity index (χ2n) is 15.4. The number of hydrogen-bond acceptors (Lipinski definition) is 10. The van der Waals surface area contributed by atoms with E-state index in [1.165, 1.54) is 6.08 Å². The molecule has 58 heavy (non-hydrogen) atoms. The SMILES string of the molecule is CC(C)(C)c1cc(NC(=O)Nc2ccc(OC(CCc3ccncc3)CC(C)(C)c3cc(NC(=O)Nc4ccc(C(=O)/C=C/c5ccncc5)cc4)no3)cc2)no1. The molecule has 298 valence electrons. The molecule has 0 saturated heterocycles. The molecule has 0 aliphatic rings. The van der Waals surface area contributed by atoms with Crippen molar-refractivity contribution in [1.82, 2.24) is 20.3 Å². The monoisotopic (exact) mass is 782 g/mol. The van der Waals surface area contributed by atoms with Crippen LogP contribution in [0.1, 0.15) is 80.5 Å². The van der Waals surface area contributed by atoms with Gasteiger partial charge in [-0.1, -0.05) is 51.0 Å². The molecule has 0 spiro atoms. The molecule has 1 unspecified atom stereocenters. The second kappa shape index (κ2) is 18.2. The van der Waals surface area contributed by atoms with Crippen LogP contribution in [0, 0.1) is 0 Å². The van der Waals surface area contributed by atoms with Crippen molar-refractivity contribution in [3.63, 3.8) is 0 Å². The number of ketones is 1. The van der Waals surface area contributed by atoms with Crippen LogP contribution in [0.2, 0.25) is 0 Å². The Kier molecular flexibility index (Phi) is 12.8. The number of benzene rings is 2. The molecule has 4 aromatic heterocycles. The van der Waals surface area contributed by atoms with Gasteiger partial charge >= 0.3 is 12.1 Å². The third-order valence-corrected chi connectivity index (χ3v) is 9.13. The van der Waals surface area contributed by atoms with E-state index < -0.39 is 17.5 Å². The molecule has 4 heterocycles. The number of carbonyl (C=O) groups is 3. The predicted molar refractivity (Wildman–Crippen MR) is 222 cm³/mol. The zero-order valence-corrected chi connectivity index (χ0v) is 33.0. The fraction of sp³-hybridized carbons (Fsp3) is 0.250. The number of urea groups is 2. The van der Waals surface area contributed by atoms with Crippen LogP contribution >= 0.6 is 0 Å². The third kappa shape index (κ3) is 11.7. The fourth-order valence-electron chi connectivity index (χ4n) is 5.92. The lowest BCUT2D eigenvalue weighted by molar-refractivity contribution is 0.104. The Morgan fingerprint density at radius 2 is 1.22 bits per heavy atom. The Balaban J connectivity index is 1.04. The van der Waals surface area contributed by atoms with Crippen LogP contribution in [0.3, 0.4) is 0 Å². The van der Waals surface area contributed by atoms with Crippen molar-refractivity contribution < 1.29 is 28.2 Å². The molecule has 0 bridgehead atoms. The number of nitrogens with zero attached hydrogens (tertiary/aromatic N) is 4. The van der Waals surface area contributed by atoms with Gasteiger partial charge in [-0.05, 0) is 109 Å². The topological polar surface area (TPSA) is 186 Å². The van der Waals surface area contributed by atoms with Gasteiger partial charge in [0.05, 0.1) is 6.10 Å². The zero-order chi connectivity index (χ0) is 41.1. The van der Waals surface area contributed by atoms with Gasteiger partial charge in [0.25, 0.3) is 0 Å². The van der Waals surface area contributed by atoms with Gasteiger partial charge in [0.2, 0.25) is 0 Å². The molecule has 2 aromatic carbocycles. The Bertz CT molecular complexity index is 2310. The first-order chi connectivity index (χ1) is 27.8. The largest absolute Gasteiger partial charge is 0.490 e. The van der Waals surface area contributed by atoms with Gasteiger partial charge in [0, 0.05) is 64.7 Å². The molecule has 4 N–H and O–H groups in total. The number of aryl methyl sites for hydroxylation is 1. The average molecular weight is 783 g/mol. The summed E-state index contributed by atoms with van der Waals surface area (Å²) in [7, 11) is 0. The van der Waals surface area contributed by atoms with Crippen molar-refractivity contribution in [2.75, 3.05) is 21.3 Å². The number of nitrogens with one attached hydrogen (secondary N) is 4. The summed E-state index contributed by atoms with van der Waals surface area (Å²) in [5.41, 5.74) is 2.76. The predicted octanol–water partition coefficient (Wildman–Crippen LogP) is 9.68. The summed E-state index contributed by atoms with van der Waals surface area (Å²) >= 11 is 0. The minimum Gasteiger partial charge on any atom is -0.490 e. The maximum absolute atomic E-state index is 12.9. The van der Waals surface area contributed by atoms with E-state index in [0.717, 1.165) is 17.5 Å². The van der Waals surface area contributed by atoms with Crippen LogP contribution in [0.25, 0.3) is 6.08 Å². The van der Waals surface area contributed by atoms with Crippen molar-refractivity contribution in [1.29, 1.82) is 0 Å². The first-order valence-corrected chi connectivity index (χ1v) is 18.8. The van der Waals surface area contributed by atoms with Gasteiger partial charge in [-0.15, -0.1) is 0 Å². The highest BCUT2D eigenvalue weighted by molar-refractivity contribution is 6.07. The standard InChI is InChI=1S/C44H46N8O6/c1-43(2,3)37-26-39(51-57-37)49-42(55)48-33-12-15-34(16-13-33)56-35(14-6-29-18-22-45-23-19-29)28-44(4,5)38-27-40(52-58-38)50-41(54)47-32-10-8-31(9-11-32)36(53)17-7-30-20-24-46-25-21-30/h7-13,15-27,35H,6,14,28H2,1-5H3,(H2,47,50,52,54)(H2,48,49,51,55)/b17-7+. The summed E-state index contributed by atoms with van der Waals surface area (Å²) < 4.78 is 17.6. The highest BCUT2D eigenvalue weighted by atomic mass is 16.5. The van der Waals surface area contributed by atoms with Gasteiger partial charge in [0.15, 0.2) is 17.4 Å². The van der Waals surface area contributed by atoms with Gasteiger partial charge in [0.1, 0.15) is 17.3 Å². The zero-order valence-electron chi connectivity index (χ0n) is 33.0. The number of rotatable bonds is 15. The summed E-state index contributed by atoms with van der Waals surface area (Å²) in [4.78, 5) is 46.2. The van der Waals surface area contributed by atoms with Crippen LogP contribution < -0.4 is 26.0 Å². The molecule has 1 atom stereocenters. The van der Waals surface area contributed by atoms with E-state index in [9.17, 15) is 14.4 Å². The van der Waals surface area contributed by atoms with E-state index in [-0.39, 0.29) is 23.1 Å². The molecule has 6 rings (SSSR count). The number of amides is 4. The first-order valence-electron chi connectivity index (χ1n) is 18.8. The van der Waals surface area contributed by atoms with Crippen molar-refractivity contribution in [2.45, 2.75) is 70.8 Å². The van der Waals surface area contributed by atoms with E-state index >= 15 is 0 Å². The number of hydrogen-bond donors (Lipinski definition) is 4. The number of ether oxygens (including phenoxy) is 1. The molecule has 4 amide bonds. The van der Waals surface area contributed by atoms with Crippen molar-refractivity contribution >= 4 is 46.9 Å². The number of pyridine rings is 2. The molecule has 0 fully saturated rings. The van der Waals surface area contributed by atoms with E-state index in [4.69, 9.17) is 13.8 Å². The van der Waals surface area contributed by atoms with Crippen LogP contribution in [0.5, 0.6) is 5.75 Å². The maximum atomic E-state index is 12.9. The normalized spacial score (nSPS) is 12.2. The Morgan fingerprint density at radius 3 is 1.79 bits per heavy atom. The highest BCUT2D eigenvalue weighted by Crippen LogP contribution is 2.33. The highest BCUT2D eigenvalue weighted by Gasteiger charge is 2.31. The fourth-order valence-corrected chi connectivity index (χ4v) is 5.92. The minimum absolute atomic E-state index is 0.165. The van der Waals surface area contributed by atoms with Gasteiger partial charge < -0.3 is 24.4 Å². The van der Waals surface area contributed by atoms with Crippen molar-refractivity contribution in [3.8, 4) is 5.75 Å². The maximum Gasteiger partial charge on any atom is 0.324 e. The lowest BCUT2D eigenvalue weighted by Crippen LogP contribution is -2.29. The first kappa shape index (κ1) is 40.6. The van der Waals surface area contributed by atoms with Crippen molar-refractivity contribution in [2.24, 2.45) is 0 Å². The molecular formula is C44H46N8O6. The average Bonchev–Trinajstić information content (AvgIpc) is 3.89. The van der Waals surface area contributed by atoms with Crippen LogP contribution in [0.4, 0.5) is 32.6 Å². The van der Waals surface area contributed by atoms with Gasteiger partial charge in [-0.25, -0.2) is 9.59 Å². The Hall–Kier alpha value is -7.09. The van der Waals surface area contributed by atoms with Crippen LogP contribution in [-0.2, 0) is 17.3 Å². The third-order valence-electron chi connectivity index (χ3n) is 9.13. The van der Waals surface area contributed by atoms with Crippen LogP contribution in [0.15, 0.2) is 125 Å². The lowest BCUT2D eigenvalue weighted by atomic mass is 9.82.